The lowest BCUT2D eigenvalue weighted by molar-refractivity contribution is 0.415. The molecule has 3 aromatic rings. The van der Waals surface area contributed by atoms with Gasteiger partial charge in [-0.25, -0.2) is 8.42 Å². The van der Waals surface area contributed by atoms with E-state index < -0.39 is 10.0 Å². The molecule has 0 fully saturated rings. The van der Waals surface area contributed by atoms with E-state index in [9.17, 15) is 8.42 Å². The molecular weight excluding hydrogens is 420 g/mol. The van der Waals surface area contributed by atoms with Crippen LogP contribution in [0.3, 0.4) is 0 Å². The summed E-state index contributed by atoms with van der Waals surface area (Å²) in [6.45, 7) is 2.11. The molecule has 3 unspecified atom stereocenters. The molecule has 32 heavy (non-hydrogen) atoms. The van der Waals surface area contributed by atoms with Crippen LogP contribution in [0.15, 0.2) is 83.8 Å². The molecule has 0 saturated heterocycles. The molecule has 5 nitrogen and oxygen atoms in total. The quantitative estimate of drug-likeness (QED) is 0.499. The van der Waals surface area contributed by atoms with Crippen LogP contribution in [-0.2, 0) is 10.0 Å². The number of fused-ring (bicyclic) bond motifs is 3. The van der Waals surface area contributed by atoms with Gasteiger partial charge in [0.2, 0.25) is 0 Å². The highest BCUT2D eigenvalue weighted by molar-refractivity contribution is 7.92. The Labute approximate surface area is 189 Å². The number of methoxy groups -OCH3 is 1. The standard InChI is InChI=1S/C26H26N2O3S/c1-17-6-3-7-18(14-17)26-23-11-5-10-22(23)24-16-21(12-13-25(24)27-26)32(29,30)28-19-8-4-9-20(15-19)31-2/h3-10,12-16,22-23,26-28H,11H2,1-2H3. The third-order valence-electron chi connectivity index (χ3n) is 6.37. The van der Waals surface area contributed by atoms with Crippen molar-refractivity contribution < 1.29 is 13.2 Å². The van der Waals surface area contributed by atoms with Gasteiger partial charge < -0.3 is 10.1 Å². The molecule has 1 heterocycles. The average Bonchev–Trinajstić information content (AvgIpc) is 3.28. The Balaban J connectivity index is 1.48. The Bertz CT molecular complexity index is 1300. The van der Waals surface area contributed by atoms with Crippen molar-refractivity contribution in [2.75, 3.05) is 17.1 Å². The molecule has 0 spiro atoms. The molecule has 0 aromatic heterocycles. The molecule has 0 radical (unpaired) electrons. The summed E-state index contributed by atoms with van der Waals surface area (Å²) in [7, 11) is -2.17. The number of anilines is 2. The van der Waals surface area contributed by atoms with Crippen LogP contribution in [0, 0.1) is 12.8 Å². The third kappa shape index (κ3) is 3.75. The van der Waals surface area contributed by atoms with E-state index in [-0.39, 0.29) is 16.9 Å². The first kappa shape index (κ1) is 20.6. The molecule has 3 aromatic carbocycles. The van der Waals surface area contributed by atoms with E-state index in [1.165, 1.54) is 11.1 Å². The molecule has 2 aliphatic rings. The molecular formula is C26H26N2O3S. The fourth-order valence-electron chi connectivity index (χ4n) is 4.83. The number of aryl methyl sites for hydroxylation is 1. The van der Waals surface area contributed by atoms with Crippen LogP contribution < -0.4 is 14.8 Å². The molecule has 2 N–H and O–H groups in total. The Hall–Kier alpha value is -3.25. The van der Waals surface area contributed by atoms with E-state index in [1.807, 2.05) is 12.1 Å². The minimum absolute atomic E-state index is 0.184. The van der Waals surface area contributed by atoms with Gasteiger partial charge in [-0.2, -0.15) is 0 Å². The number of hydrogen-bond donors (Lipinski definition) is 2. The van der Waals surface area contributed by atoms with Gasteiger partial charge in [0.1, 0.15) is 5.75 Å². The first-order valence-corrected chi connectivity index (χ1v) is 12.2. The summed E-state index contributed by atoms with van der Waals surface area (Å²) in [6, 6.07) is 21.1. The molecule has 5 rings (SSSR count). The number of nitrogens with one attached hydrogen (secondary N) is 2. The Kier molecular flexibility index (Phi) is 5.18. The molecule has 0 amide bonds. The average molecular weight is 447 g/mol. The summed E-state index contributed by atoms with van der Waals surface area (Å²) in [5.74, 6) is 1.14. The normalized spacial score (nSPS) is 21.4. The molecule has 0 bridgehead atoms. The van der Waals surface area contributed by atoms with E-state index in [2.05, 4.69) is 53.4 Å². The number of rotatable bonds is 5. The fraction of sp³-hybridized carbons (Fsp3) is 0.231. The molecule has 3 atom stereocenters. The highest BCUT2D eigenvalue weighted by Gasteiger charge is 2.38. The van der Waals surface area contributed by atoms with Crippen molar-refractivity contribution in [1.82, 2.24) is 0 Å². The fourth-order valence-corrected chi connectivity index (χ4v) is 5.92. The maximum absolute atomic E-state index is 13.1. The number of ether oxygens (including phenoxy) is 1. The Morgan fingerprint density at radius 3 is 2.69 bits per heavy atom. The summed E-state index contributed by atoms with van der Waals surface area (Å²) < 4.78 is 34.1. The lowest BCUT2D eigenvalue weighted by Crippen LogP contribution is -2.29. The second-order valence-electron chi connectivity index (χ2n) is 8.48. The van der Waals surface area contributed by atoms with Crippen molar-refractivity contribution in [3.63, 3.8) is 0 Å². The molecule has 0 saturated carbocycles. The zero-order valence-electron chi connectivity index (χ0n) is 18.1. The summed E-state index contributed by atoms with van der Waals surface area (Å²) in [4.78, 5) is 0.258. The van der Waals surface area contributed by atoms with Crippen LogP contribution in [0.1, 0.15) is 35.1 Å². The highest BCUT2D eigenvalue weighted by Crippen LogP contribution is 2.50. The maximum atomic E-state index is 13.1. The minimum Gasteiger partial charge on any atom is -0.497 e. The van der Waals surface area contributed by atoms with Gasteiger partial charge in [-0.1, -0.05) is 48.0 Å². The van der Waals surface area contributed by atoms with Crippen LogP contribution >= 0.6 is 0 Å². The monoisotopic (exact) mass is 446 g/mol. The first-order valence-electron chi connectivity index (χ1n) is 10.8. The van der Waals surface area contributed by atoms with Gasteiger partial charge in [0.05, 0.1) is 23.7 Å². The molecule has 1 aliphatic carbocycles. The number of hydrogen-bond acceptors (Lipinski definition) is 4. The van der Waals surface area contributed by atoms with E-state index in [0.29, 0.717) is 17.4 Å². The van der Waals surface area contributed by atoms with Crippen molar-refractivity contribution >= 4 is 21.4 Å². The zero-order valence-corrected chi connectivity index (χ0v) is 18.9. The second kappa shape index (κ2) is 8.02. The second-order valence-corrected chi connectivity index (χ2v) is 10.2. The van der Waals surface area contributed by atoms with Gasteiger partial charge in [-0.3, -0.25) is 4.72 Å². The maximum Gasteiger partial charge on any atom is 0.261 e. The first-order chi connectivity index (χ1) is 15.4. The summed E-state index contributed by atoms with van der Waals surface area (Å²) >= 11 is 0. The predicted octanol–water partition coefficient (Wildman–Crippen LogP) is 5.63. The summed E-state index contributed by atoms with van der Waals surface area (Å²) in [5, 5.41) is 3.68. The molecule has 6 heteroatoms. The van der Waals surface area contributed by atoms with Crippen molar-refractivity contribution in [3.05, 3.63) is 95.6 Å². The molecule has 1 aliphatic heterocycles. The lowest BCUT2D eigenvalue weighted by atomic mass is 9.77. The molecule has 164 valence electrons. The topological polar surface area (TPSA) is 67.4 Å². The van der Waals surface area contributed by atoms with Crippen LogP contribution in [0.25, 0.3) is 0 Å². The Morgan fingerprint density at radius 1 is 1.03 bits per heavy atom. The van der Waals surface area contributed by atoms with Crippen LogP contribution in [-0.4, -0.2) is 15.5 Å². The largest absolute Gasteiger partial charge is 0.497 e. The van der Waals surface area contributed by atoms with Crippen molar-refractivity contribution in [1.29, 1.82) is 0 Å². The number of allylic oxidation sites excluding steroid dienone is 2. The van der Waals surface area contributed by atoms with Gasteiger partial charge in [-0.15, -0.1) is 0 Å². The van der Waals surface area contributed by atoms with Gasteiger partial charge in [0.15, 0.2) is 0 Å². The van der Waals surface area contributed by atoms with Gasteiger partial charge in [0.25, 0.3) is 10.0 Å². The summed E-state index contributed by atoms with van der Waals surface area (Å²) in [6.07, 6.45) is 5.40. The SMILES string of the molecule is COc1cccc(NS(=O)(=O)c2ccc3c(c2)C2C=CCC2C(c2cccc(C)c2)N3)c1. The van der Waals surface area contributed by atoms with Gasteiger partial charge in [0, 0.05) is 17.7 Å². The Morgan fingerprint density at radius 2 is 1.88 bits per heavy atom. The number of benzene rings is 3. The van der Waals surface area contributed by atoms with Crippen molar-refractivity contribution in [3.8, 4) is 5.75 Å². The van der Waals surface area contributed by atoms with Crippen molar-refractivity contribution in [2.24, 2.45) is 5.92 Å². The van der Waals surface area contributed by atoms with Crippen molar-refractivity contribution in [2.45, 2.75) is 30.2 Å². The third-order valence-corrected chi connectivity index (χ3v) is 7.75. The lowest BCUT2D eigenvalue weighted by Gasteiger charge is -2.37. The van der Waals surface area contributed by atoms with Crippen LogP contribution in [0.4, 0.5) is 11.4 Å². The summed E-state index contributed by atoms with van der Waals surface area (Å²) in [5.41, 5.74) is 5.00. The zero-order chi connectivity index (χ0) is 22.3. The van der Waals surface area contributed by atoms with Gasteiger partial charge in [-0.05, 0) is 60.7 Å². The smallest absolute Gasteiger partial charge is 0.261 e. The predicted molar refractivity (Wildman–Crippen MR) is 128 cm³/mol. The van der Waals surface area contributed by atoms with Crippen LogP contribution in [0.5, 0.6) is 5.75 Å². The van der Waals surface area contributed by atoms with E-state index in [1.54, 1.807) is 37.4 Å². The van der Waals surface area contributed by atoms with E-state index in [0.717, 1.165) is 17.7 Å². The van der Waals surface area contributed by atoms with E-state index in [4.69, 9.17) is 4.74 Å². The van der Waals surface area contributed by atoms with Crippen LogP contribution in [0.2, 0.25) is 0 Å². The minimum atomic E-state index is -3.73. The van der Waals surface area contributed by atoms with E-state index >= 15 is 0 Å². The number of sulfonamides is 1. The van der Waals surface area contributed by atoms with Gasteiger partial charge >= 0.3 is 0 Å². The highest BCUT2D eigenvalue weighted by atomic mass is 32.2.